The number of nitriles is 1. The first-order valence-electron chi connectivity index (χ1n) is 10.0. The van der Waals surface area contributed by atoms with E-state index >= 15 is 0 Å². The standard InChI is InChI=1S/C22H25N3O5S/c1-16(30-18-8-6-7-17(13-18)15-23)22(26)24-20-14-19(9-10-21(20)29-2)31(27,28)25-11-4-3-5-12-25/h6-10,13-14,16H,3-5,11-12H2,1-2H3,(H,24,26). The minimum atomic E-state index is -3.66. The molecule has 8 nitrogen and oxygen atoms in total. The van der Waals surface area contributed by atoms with Crippen molar-refractivity contribution >= 4 is 21.6 Å². The van der Waals surface area contributed by atoms with Gasteiger partial charge in [0.15, 0.2) is 6.10 Å². The Kier molecular flexibility index (Phi) is 7.15. The Balaban J connectivity index is 1.78. The second-order valence-electron chi connectivity index (χ2n) is 7.22. The van der Waals surface area contributed by atoms with Crippen LogP contribution >= 0.6 is 0 Å². The average Bonchev–Trinajstić information content (AvgIpc) is 2.79. The van der Waals surface area contributed by atoms with Crippen LogP contribution in [0.4, 0.5) is 5.69 Å². The van der Waals surface area contributed by atoms with Gasteiger partial charge in [0.2, 0.25) is 10.0 Å². The molecule has 0 spiro atoms. The normalized spacial score (nSPS) is 15.5. The number of hydrogen-bond acceptors (Lipinski definition) is 6. The molecule has 1 amide bonds. The Morgan fingerprint density at radius 3 is 2.58 bits per heavy atom. The molecular weight excluding hydrogens is 418 g/mol. The van der Waals surface area contributed by atoms with Gasteiger partial charge in [-0.05, 0) is 56.2 Å². The summed E-state index contributed by atoms with van der Waals surface area (Å²) in [6.07, 6.45) is 1.80. The first kappa shape index (κ1) is 22.6. The fourth-order valence-corrected chi connectivity index (χ4v) is 4.87. The van der Waals surface area contributed by atoms with Gasteiger partial charge in [-0.25, -0.2) is 8.42 Å². The molecule has 1 atom stereocenters. The molecule has 31 heavy (non-hydrogen) atoms. The van der Waals surface area contributed by atoms with Gasteiger partial charge >= 0.3 is 0 Å². The number of benzene rings is 2. The molecular formula is C22H25N3O5S. The number of amides is 1. The third-order valence-electron chi connectivity index (χ3n) is 5.03. The molecule has 1 aliphatic heterocycles. The van der Waals surface area contributed by atoms with Gasteiger partial charge in [0, 0.05) is 13.1 Å². The molecule has 0 saturated carbocycles. The van der Waals surface area contributed by atoms with Crippen LogP contribution in [0.25, 0.3) is 0 Å². The third kappa shape index (κ3) is 5.34. The third-order valence-corrected chi connectivity index (χ3v) is 6.92. The number of ether oxygens (including phenoxy) is 2. The van der Waals surface area contributed by atoms with E-state index in [1.807, 2.05) is 6.07 Å². The van der Waals surface area contributed by atoms with Crippen molar-refractivity contribution in [2.45, 2.75) is 37.2 Å². The average molecular weight is 444 g/mol. The monoisotopic (exact) mass is 443 g/mol. The summed E-state index contributed by atoms with van der Waals surface area (Å²) in [5.41, 5.74) is 0.661. The minimum Gasteiger partial charge on any atom is -0.495 e. The first-order chi connectivity index (χ1) is 14.8. The van der Waals surface area contributed by atoms with Crippen LogP contribution in [0.2, 0.25) is 0 Å². The molecule has 0 aliphatic carbocycles. The highest BCUT2D eigenvalue weighted by atomic mass is 32.2. The number of carbonyl (C=O) groups is 1. The number of anilines is 1. The zero-order valence-electron chi connectivity index (χ0n) is 17.5. The molecule has 0 aromatic heterocycles. The zero-order valence-corrected chi connectivity index (χ0v) is 18.3. The molecule has 164 valence electrons. The highest BCUT2D eigenvalue weighted by molar-refractivity contribution is 7.89. The van der Waals surface area contributed by atoms with Gasteiger partial charge < -0.3 is 14.8 Å². The fraction of sp³-hybridized carbons (Fsp3) is 0.364. The van der Waals surface area contributed by atoms with Gasteiger partial charge in [0.1, 0.15) is 11.5 Å². The number of methoxy groups -OCH3 is 1. The lowest BCUT2D eigenvalue weighted by Crippen LogP contribution is -2.35. The quantitative estimate of drug-likeness (QED) is 0.704. The molecule has 2 aromatic carbocycles. The van der Waals surface area contributed by atoms with E-state index in [0.29, 0.717) is 30.2 Å². The van der Waals surface area contributed by atoms with Gasteiger partial charge in [0.25, 0.3) is 5.91 Å². The lowest BCUT2D eigenvalue weighted by molar-refractivity contribution is -0.122. The number of carbonyl (C=O) groups excluding carboxylic acids is 1. The van der Waals surface area contributed by atoms with Crippen molar-refractivity contribution in [3.8, 4) is 17.6 Å². The second-order valence-corrected chi connectivity index (χ2v) is 9.15. The molecule has 2 aromatic rings. The van der Waals surface area contributed by atoms with E-state index < -0.39 is 22.0 Å². The number of nitrogens with one attached hydrogen (secondary N) is 1. The Hall–Kier alpha value is -3.09. The molecule has 1 N–H and O–H groups in total. The van der Waals surface area contributed by atoms with E-state index in [-0.39, 0.29) is 10.6 Å². The summed E-state index contributed by atoms with van der Waals surface area (Å²) in [5.74, 6) is 0.243. The van der Waals surface area contributed by atoms with Gasteiger partial charge in [-0.1, -0.05) is 12.5 Å². The predicted octanol–water partition coefficient (Wildman–Crippen LogP) is 3.15. The predicted molar refractivity (Wildman–Crippen MR) is 115 cm³/mol. The number of hydrogen-bond donors (Lipinski definition) is 1. The van der Waals surface area contributed by atoms with E-state index in [9.17, 15) is 13.2 Å². The first-order valence-corrected chi connectivity index (χ1v) is 11.4. The molecule has 1 fully saturated rings. The van der Waals surface area contributed by atoms with Crippen LogP contribution in [0, 0.1) is 11.3 Å². The van der Waals surface area contributed by atoms with Crippen LogP contribution in [0.1, 0.15) is 31.7 Å². The Morgan fingerprint density at radius 1 is 1.16 bits per heavy atom. The fourth-order valence-electron chi connectivity index (χ4n) is 3.33. The maximum Gasteiger partial charge on any atom is 0.265 e. The van der Waals surface area contributed by atoms with E-state index in [1.54, 1.807) is 25.1 Å². The van der Waals surface area contributed by atoms with Crippen LogP contribution in [0.15, 0.2) is 47.4 Å². The van der Waals surface area contributed by atoms with Crippen LogP contribution in [-0.2, 0) is 14.8 Å². The maximum absolute atomic E-state index is 13.0. The summed E-state index contributed by atoms with van der Waals surface area (Å²) in [6, 6.07) is 12.9. The molecule has 0 bridgehead atoms. The van der Waals surface area contributed by atoms with Crippen LogP contribution in [0.5, 0.6) is 11.5 Å². The van der Waals surface area contributed by atoms with Crippen molar-refractivity contribution in [3.63, 3.8) is 0 Å². The van der Waals surface area contributed by atoms with E-state index in [0.717, 1.165) is 19.3 Å². The number of rotatable bonds is 7. The molecule has 1 unspecified atom stereocenters. The van der Waals surface area contributed by atoms with Crippen LogP contribution in [0.3, 0.4) is 0 Å². The summed E-state index contributed by atoms with van der Waals surface area (Å²) >= 11 is 0. The van der Waals surface area contributed by atoms with Gasteiger partial charge in [0.05, 0.1) is 29.3 Å². The van der Waals surface area contributed by atoms with Gasteiger partial charge in [-0.15, -0.1) is 0 Å². The highest BCUT2D eigenvalue weighted by Gasteiger charge is 2.27. The van der Waals surface area contributed by atoms with E-state index in [4.69, 9.17) is 14.7 Å². The van der Waals surface area contributed by atoms with Crippen molar-refractivity contribution in [2.75, 3.05) is 25.5 Å². The van der Waals surface area contributed by atoms with Gasteiger partial charge in [-0.2, -0.15) is 9.57 Å². The van der Waals surface area contributed by atoms with Crippen molar-refractivity contribution < 1.29 is 22.7 Å². The van der Waals surface area contributed by atoms with E-state index in [1.165, 1.54) is 35.7 Å². The highest BCUT2D eigenvalue weighted by Crippen LogP contribution is 2.30. The van der Waals surface area contributed by atoms with E-state index in [2.05, 4.69) is 5.32 Å². The number of sulfonamides is 1. The van der Waals surface area contributed by atoms with Gasteiger partial charge in [-0.3, -0.25) is 4.79 Å². The van der Waals surface area contributed by atoms with Crippen molar-refractivity contribution in [1.29, 1.82) is 5.26 Å². The molecule has 3 rings (SSSR count). The summed E-state index contributed by atoms with van der Waals surface area (Å²) < 4.78 is 38.3. The summed E-state index contributed by atoms with van der Waals surface area (Å²) in [5, 5.41) is 11.7. The smallest absolute Gasteiger partial charge is 0.265 e. The maximum atomic E-state index is 13.0. The minimum absolute atomic E-state index is 0.0980. The lowest BCUT2D eigenvalue weighted by Gasteiger charge is -2.26. The lowest BCUT2D eigenvalue weighted by atomic mass is 10.2. The zero-order chi connectivity index (χ0) is 22.4. The molecule has 1 aliphatic rings. The largest absolute Gasteiger partial charge is 0.495 e. The van der Waals surface area contributed by atoms with Crippen molar-refractivity contribution in [2.24, 2.45) is 0 Å². The summed E-state index contributed by atoms with van der Waals surface area (Å²) in [7, 11) is -2.22. The second kappa shape index (κ2) is 9.81. The molecule has 1 saturated heterocycles. The Bertz CT molecular complexity index is 1090. The van der Waals surface area contributed by atoms with Crippen molar-refractivity contribution in [3.05, 3.63) is 48.0 Å². The van der Waals surface area contributed by atoms with Crippen LogP contribution in [-0.4, -0.2) is 44.9 Å². The Morgan fingerprint density at radius 2 is 1.90 bits per heavy atom. The molecule has 1 heterocycles. The number of piperidine rings is 1. The van der Waals surface area contributed by atoms with Crippen molar-refractivity contribution in [1.82, 2.24) is 4.31 Å². The molecule has 0 radical (unpaired) electrons. The summed E-state index contributed by atoms with van der Waals surface area (Å²) in [4.78, 5) is 12.8. The SMILES string of the molecule is COc1ccc(S(=O)(=O)N2CCCCC2)cc1NC(=O)C(C)Oc1cccc(C#N)c1. The Labute approximate surface area is 182 Å². The molecule has 9 heteroatoms. The number of nitrogens with zero attached hydrogens (tertiary/aromatic N) is 2. The topological polar surface area (TPSA) is 109 Å². The summed E-state index contributed by atoms with van der Waals surface area (Å²) in [6.45, 7) is 2.54. The van der Waals surface area contributed by atoms with Crippen LogP contribution < -0.4 is 14.8 Å².